The fourth-order valence-electron chi connectivity index (χ4n) is 3.01. The maximum atomic E-state index is 2.34. The fourth-order valence-corrected chi connectivity index (χ4v) is 3.01. The zero-order valence-electron chi connectivity index (χ0n) is 10.0. The van der Waals surface area contributed by atoms with Crippen molar-refractivity contribution >= 4 is 0 Å². The van der Waals surface area contributed by atoms with Gasteiger partial charge in [0.1, 0.15) is 0 Å². The van der Waals surface area contributed by atoms with E-state index >= 15 is 0 Å². The van der Waals surface area contributed by atoms with E-state index in [-0.39, 0.29) is 0 Å². The van der Waals surface area contributed by atoms with E-state index in [1.807, 2.05) is 0 Å². The summed E-state index contributed by atoms with van der Waals surface area (Å²) in [5, 5.41) is 0. The van der Waals surface area contributed by atoms with Gasteiger partial charge in [-0.1, -0.05) is 44.8 Å². The van der Waals surface area contributed by atoms with E-state index in [2.05, 4.69) is 26.0 Å². The Bertz CT molecular complexity index is 155. The topological polar surface area (TPSA) is 0 Å². The smallest absolute Gasteiger partial charge is 0.0295 e. The minimum atomic E-state index is 0.729. The SMILES string of the molecule is CC=CCCC1(CCC)CCCCC1. The summed E-state index contributed by atoms with van der Waals surface area (Å²) in [5.41, 5.74) is 0.729. The van der Waals surface area contributed by atoms with E-state index in [1.165, 1.54) is 57.8 Å². The van der Waals surface area contributed by atoms with Crippen LogP contribution in [-0.4, -0.2) is 0 Å². The molecule has 0 saturated heterocycles. The van der Waals surface area contributed by atoms with Gasteiger partial charge in [-0.3, -0.25) is 0 Å². The van der Waals surface area contributed by atoms with Crippen molar-refractivity contribution in [1.82, 2.24) is 0 Å². The Morgan fingerprint density at radius 3 is 2.36 bits per heavy atom. The van der Waals surface area contributed by atoms with Crippen molar-refractivity contribution in [3.05, 3.63) is 12.2 Å². The quantitative estimate of drug-likeness (QED) is 0.534. The van der Waals surface area contributed by atoms with Crippen molar-refractivity contribution in [3.8, 4) is 0 Å². The molecule has 14 heavy (non-hydrogen) atoms. The van der Waals surface area contributed by atoms with Gasteiger partial charge in [-0.2, -0.15) is 0 Å². The van der Waals surface area contributed by atoms with Crippen molar-refractivity contribution in [2.45, 2.75) is 71.6 Å². The summed E-state index contributed by atoms with van der Waals surface area (Å²) in [6.07, 6.45) is 17.5. The first kappa shape index (κ1) is 11.8. The Morgan fingerprint density at radius 1 is 1.07 bits per heavy atom. The van der Waals surface area contributed by atoms with Crippen molar-refractivity contribution in [1.29, 1.82) is 0 Å². The second-order valence-electron chi connectivity index (χ2n) is 4.92. The maximum absolute atomic E-state index is 2.34. The minimum absolute atomic E-state index is 0.729. The van der Waals surface area contributed by atoms with Crippen LogP contribution in [0.25, 0.3) is 0 Å². The highest BCUT2D eigenvalue weighted by molar-refractivity contribution is 4.86. The Kier molecular flexibility index (Phi) is 5.29. The van der Waals surface area contributed by atoms with Crippen LogP contribution in [0, 0.1) is 5.41 Å². The lowest BCUT2D eigenvalue weighted by atomic mass is 9.68. The molecule has 0 aliphatic heterocycles. The van der Waals surface area contributed by atoms with Gasteiger partial charge in [0.25, 0.3) is 0 Å². The Labute approximate surface area is 89.8 Å². The molecular weight excluding hydrogens is 168 g/mol. The molecule has 1 aliphatic carbocycles. The third kappa shape index (κ3) is 3.48. The second-order valence-corrected chi connectivity index (χ2v) is 4.92. The van der Waals surface area contributed by atoms with Crippen molar-refractivity contribution < 1.29 is 0 Å². The van der Waals surface area contributed by atoms with Crippen LogP contribution in [-0.2, 0) is 0 Å². The summed E-state index contributed by atoms with van der Waals surface area (Å²) in [6.45, 7) is 4.47. The zero-order valence-corrected chi connectivity index (χ0v) is 10.0. The molecule has 0 aromatic carbocycles. The van der Waals surface area contributed by atoms with Gasteiger partial charge in [0.2, 0.25) is 0 Å². The summed E-state index contributed by atoms with van der Waals surface area (Å²) in [4.78, 5) is 0. The highest BCUT2D eigenvalue weighted by atomic mass is 14.3. The summed E-state index contributed by atoms with van der Waals surface area (Å²) >= 11 is 0. The van der Waals surface area contributed by atoms with Crippen LogP contribution < -0.4 is 0 Å². The number of allylic oxidation sites excluding steroid dienone is 2. The molecule has 0 radical (unpaired) electrons. The third-order valence-corrected chi connectivity index (χ3v) is 3.77. The number of hydrogen-bond acceptors (Lipinski definition) is 0. The van der Waals surface area contributed by atoms with Gasteiger partial charge in [0.05, 0.1) is 0 Å². The van der Waals surface area contributed by atoms with Gasteiger partial charge in [-0.05, 0) is 44.4 Å². The lowest BCUT2D eigenvalue weighted by molar-refractivity contribution is 0.157. The molecule has 1 rings (SSSR count). The molecule has 0 amide bonds. The van der Waals surface area contributed by atoms with Crippen molar-refractivity contribution in [2.24, 2.45) is 5.41 Å². The van der Waals surface area contributed by atoms with Crippen LogP contribution in [0.3, 0.4) is 0 Å². The number of rotatable bonds is 5. The first-order valence-corrected chi connectivity index (χ1v) is 6.44. The van der Waals surface area contributed by atoms with Crippen molar-refractivity contribution in [3.63, 3.8) is 0 Å². The molecule has 0 aromatic heterocycles. The van der Waals surface area contributed by atoms with Gasteiger partial charge in [-0.15, -0.1) is 0 Å². The predicted octanol–water partition coefficient (Wildman–Crippen LogP) is 5.09. The second kappa shape index (κ2) is 6.27. The molecule has 1 fully saturated rings. The fraction of sp³-hybridized carbons (Fsp3) is 0.857. The van der Waals surface area contributed by atoms with Crippen LogP contribution in [0.2, 0.25) is 0 Å². The monoisotopic (exact) mass is 194 g/mol. The lowest BCUT2D eigenvalue weighted by Crippen LogP contribution is -2.23. The molecule has 0 bridgehead atoms. The Morgan fingerprint density at radius 2 is 1.79 bits per heavy atom. The highest BCUT2D eigenvalue weighted by Crippen LogP contribution is 2.43. The lowest BCUT2D eigenvalue weighted by Gasteiger charge is -2.37. The van der Waals surface area contributed by atoms with Crippen LogP contribution in [0.15, 0.2) is 12.2 Å². The normalized spacial score (nSPS) is 21.6. The van der Waals surface area contributed by atoms with Crippen LogP contribution >= 0.6 is 0 Å². The molecule has 0 unspecified atom stereocenters. The molecule has 0 N–H and O–H groups in total. The third-order valence-electron chi connectivity index (χ3n) is 3.77. The minimum Gasteiger partial charge on any atom is -0.0917 e. The first-order chi connectivity index (χ1) is 6.83. The van der Waals surface area contributed by atoms with E-state index in [0.717, 1.165) is 5.41 Å². The molecule has 0 aromatic rings. The summed E-state index contributed by atoms with van der Waals surface area (Å²) in [7, 11) is 0. The standard InChI is InChI=1S/C14H26/c1-3-5-7-11-14(10-4-2)12-8-6-9-13-14/h3,5H,4,6-13H2,1-2H3. The Hall–Kier alpha value is -0.260. The molecular formula is C14H26. The first-order valence-electron chi connectivity index (χ1n) is 6.44. The van der Waals surface area contributed by atoms with Gasteiger partial charge < -0.3 is 0 Å². The molecule has 0 atom stereocenters. The van der Waals surface area contributed by atoms with Gasteiger partial charge in [-0.25, -0.2) is 0 Å². The van der Waals surface area contributed by atoms with Crippen LogP contribution in [0.4, 0.5) is 0 Å². The zero-order chi connectivity index (χ0) is 10.3. The Balaban J connectivity index is 2.42. The van der Waals surface area contributed by atoms with E-state index in [4.69, 9.17) is 0 Å². The molecule has 0 heteroatoms. The maximum Gasteiger partial charge on any atom is -0.0295 e. The van der Waals surface area contributed by atoms with Gasteiger partial charge in [0.15, 0.2) is 0 Å². The molecule has 1 saturated carbocycles. The van der Waals surface area contributed by atoms with E-state index in [9.17, 15) is 0 Å². The van der Waals surface area contributed by atoms with Crippen LogP contribution in [0.1, 0.15) is 71.6 Å². The molecule has 0 heterocycles. The average Bonchev–Trinajstić information content (AvgIpc) is 2.20. The summed E-state index contributed by atoms with van der Waals surface area (Å²) in [6, 6.07) is 0. The van der Waals surface area contributed by atoms with Gasteiger partial charge in [0, 0.05) is 0 Å². The molecule has 0 spiro atoms. The largest absolute Gasteiger partial charge is 0.0917 e. The molecule has 0 nitrogen and oxygen atoms in total. The average molecular weight is 194 g/mol. The van der Waals surface area contributed by atoms with Crippen molar-refractivity contribution in [2.75, 3.05) is 0 Å². The van der Waals surface area contributed by atoms with E-state index in [0.29, 0.717) is 0 Å². The predicted molar refractivity (Wildman–Crippen MR) is 64.5 cm³/mol. The molecule has 1 aliphatic rings. The number of hydrogen-bond donors (Lipinski definition) is 0. The summed E-state index contributed by atoms with van der Waals surface area (Å²) in [5.74, 6) is 0. The molecule has 82 valence electrons. The van der Waals surface area contributed by atoms with E-state index < -0.39 is 0 Å². The summed E-state index contributed by atoms with van der Waals surface area (Å²) < 4.78 is 0. The van der Waals surface area contributed by atoms with Gasteiger partial charge >= 0.3 is 0 Å². The van der Waals surface area contributed by atoms with Crippen LogP contribution in [0.5, 0.6) is 0 Å². The highest BCUT2D eigenvalue weighted by Gasteiger charge is 2.29. The van der Waals surface area contributed by atoms with E-state index in [1.54, 1.807) is 0 Å².